The van der Waals surface area contributed by atoms with E-state index in [1.807, 2.05) is 6.92 Å². The number of aliphatic hydroxyl groups is 1. The molecule has 1 N–H and O–H groups in total. The zero-order chi connectivity index (χ0) is 6.74. The second-order valence-corrected chi connectivity index (χ2v) is 2.25. The molecule has 0 radical (unpaired) electrons. The molecule has 3 heteroatoms. The molecule has 0 atom stereocenters. The van der Waals surface area contributed by atoms with Crippen LogP contribution >= 0.6 is 0 Å². The van der Waals surface area contributed by atoms with Crippen LogP contribution < -0.4 is 0 Å². The lowest BCUT2D eigenvalue weighted by molar-refractivity contribution is 0.252. The number of rotatable bonds is 2. The third kappa shape index (κ3) is 1.36. The molecule has 1 aliphatic heterocycles. The first-order chi connectivity index (χ1) is 4.27. The van der Waals surface area contributed by atoms with E-state index in [1.165, 1.54) is 0 Å². The van der Waals surface area contributed by atoms with Crippen LogP contribution in [0.2, 0.25) is 0 Å². The Bertz CT molecular complexity index is 139. The van der Waals surface area contributed by atoms with Crippen molar-refractivity contribution in [3.05, 3.63) is 0 Å². The van der Waals surface area contributed by atoms with E-state index in [2.05, 4.69) is 9.98 Å². The standard InChI is InChI=1S/C6H10N2O/c1-6(2-5-9)7-3-4-8-6/h3-4,9H,2,5H2,1H3. The van der Waals surface area contributed by atoms with Crippen molar-refractivity contribution in [1.29, 1.82) is 0 Å². The Morgan fingerprint density at radius 1 is 1.44 bits per heavy atom. The molecule has 0 saturated carbocycles. The van der Waals surface area contributed by atoms with E-state index in [1.54, 1.807) is 12.4 Å². The average Bonchev–Trinajstić information content (AvgIpc) is 2.16. The summed E-state index contributed by atoms with van der Waals surface area (Å²) in [6, 6.07) is 0. The first-order valence-corrected chi connectivity index (χ1v) is 2.97. The molecule has 0 aromatic carbocycles. The summed E-state index contributed by atoms with van der Waals surface area (Å²) in [5.74, 6) is 0. The normalized spacial score (nSPS) is 21.1. The van der Waals surface area contributed by atoms with Gasteiger partial charge in [-0.3, -0.25) is 9.98 Å². The van der Waals surface area contributed by atoms with Gasteiger partial charge in [0.15, 0.2) is 0 Å². The minimum Gasteiger partial charge on any atom is -0.396 e. The largest absolute Gasteiger partial charge is 0.396 e. The number of aliphatic hydroxyl groups excluding tert-OH is 1. The fourth-order valence-corrected chi connectivity index (χ4v) is 0.762. The quantitative estimate of drug-likeness (QED) is 0.566. The lowest BCUT2D eigenvalue weighted by Gasteiger charge is -2.14. The van der Waals surface area contributed by atoms with Crippen molar-refractivity contribution >= 4 is 12.4 Å². The molecule has 0 saturated heterocycles. The zero-order valence-corrected chi connectivity index (χ0v) is 5.41. The Balaban J connectivity index is 2.53. The third-order valence-electron chi connectivity index (χ3n) is 1.36. The maximum atomic E-state index is 8.54. The fourth-order valence-electron chi connectivity index (χ4n) is 0.762. The highest BCUT2D eigenvalue weighted by Crippen LogP contribution is 2.17. The van der Waals surface area contributed by atoms with E-state index in [4.69, 9.17) is 5.11 Å². The van der Waals surface area contributed by atoms with Crippen LogP contribution in [0, 0.1) is 0 Å². The summed E-state index contributed by atoms with van der Waals surface area (Å²) in [6.07, 6.45) is 3.94. The van der Waals surface area contributed by atoms with Crippen molar-refractivity contribution < 1.29 is 5.11 Å². The zero-order valence-electron chi connectivity index (χ0n) is 5.41. The van der Waals surface area contributed by atoms with Gasteiger partial charge in [0.25, 0.3) is 0 Å². The molecule has 0 fully saturated rings. The number of hydrogen-bond acceptors (Lipinski definition) is 3. The van der Waals surface area contributed by atoms with Crippen molar-refractivity contribution in [3.8, 4) is 0 Å². The summed E-state index contributed by atoms with van der Waals surface area (Å²) in [5, 5.41) is 8.54. The van der Waals surface area contributed by atoms with Crippen LogP contribution in [0.3, 0.4) is 0 Å². The van der Waals surface area contributed by atoms with E-state index in [0.29, 0.717) is 6.42 Å². The Kier molecular flexibility index (Phi) is 1.62. The van der Waals surface area contributed by atoms with E-state index >= 15 is 0 Å². The summed E-state index contributed by atoms with van der Waals surface area (Å²) in [5.41, 5.74) is -0.366. The maximum absolute atomic E-state index is 8.54. The van der Waals surface area contributed by atoms with Crippen LogP contribution in [0.25, 0.3) is 0 Å². The number of hydrogen-bond donors (Lipinski definition) is 1. The molecular formula is C6H10N2O. The van der Waals surface area contributed by atoms with Gasteiger partial charge in [0.1, 0.15) is 5.66 Å². The summed E-state index contributed by atoms with van der Waals surface area (Å²) in [7, 11) is 0. The molecule has 0 aromatic heterocycles. The monoisotopic (exact) mass is 126 g/mol. The van der Waals surface area contributed by atoms with Gasteiger partial charge in [-0.05, 0) is 6.92 Å². The van der Waals surface area contributed by atoms with E-state index < -0.39 is 0 Å². The second kappa shape index (κ2) is 2.27. The molecule has 0 bridgehead atoms. The molecule has 1 heterocycles. The van der Waals surface area contributed by atoms with Crippen LogP contribution in [0.5, 0.6) is 0 Å². The van der Waals surface area contributed by atoms with Gasteiger partial charge in [-0.25, -0.2) is 0 Å². The van der Waals surface area contributed by atoms with Crippen LogP contribution in [0.4, 0.5) is 0 Å². The van der Waals surface area contributed by atoms with Gasteiger partial charge in [-0.15, -0.1) is 0 Å². The molecule has 3 nitrogen and oxygen atoms in total. The first kappa shape index (κ1) is 6.42. The van der Waals surface area contributed by atoms with E-state index in [9.17, 15) is 0 Å². The maximum Gasteiger partial charge on any atom is 0.149 e. The number of aliphatic imine (C=N–C) groups is 2. The SMILES string of the molecule is CC1(CCO)N=CC=N1. The van der Waals surface area contributed by atoms with Gasteiger partial charge >= 0.3 is 0 Å². The van der Waals surface area contributed by atoms with Crippen LogP contribution in [0.15, 0.2) is 9.98 Å². The van der Waals surface area contributed by atoms with Crippen LogP contribution in [-0.2, 0) is 0 Å². The van der Waals surface area contributed by atoms with Gasteiger partial charge in [0.05, 0.1) is 0 Å². The smallest absolute Gasteiger partial charge is 0.149 e. The molecule has 0 unspecified atom stereocenters. The van der Waals surface area contributed by atoms with Gasteiger partial charge in [-0.1, -0.05) is 0 Å². The van der Waals surface area contributed by atoms with Crippen molar-refractivity contribution in [2.24, 2.45) is 9.98 Å². The van der Waals surface area contributed by atoms with Gasteiger partial charge in [0.2, 0.25) is 0 Å². The van der Waals surface area contributed by atoms with Crippen molar-refractivity contribution in [2.75, 3.05) is 6.61 Å². The number of nitrogens with zero attached hydrogens (tertiary/aromatic N) is 2. The van der Waals surface area contributed by atoms with Gasteiger partial charge in [0, 0.05) is 25.5 Å². The van der Waals surface area contributed by atoms with Crippen molar-refractivity contribution in [2.45, 2.75) is 19.0 Å². The third-order valence-corrected chi connectivity index (χ3v) is 1.36. The molecule has 1 aliphatic rings. The topological polar surface area (TPSA) is 45.0 Å². The van der Waals surface area contributed by atoms with Gasteiger partial charge < -0.3 is 5.11 Å². The van der Waals surface area contributed by atoms with Crippen molar-refractivity contribution in [1.82, 2.24) is 0 Å². The van der Waals surface area contributed by atoms with E-state index in [0.717, 1.165) is 0 Å². The minimum absolute atomic E-state index is 0.144. The Morgan fingerprint density at radius 3 is 2.44 bits per heavy atom. The molecule has 50 valence electrons. The summed E-state index contributed by atoms with van der Waals surface area (Å²) < 4.78 is 0. The van der Waals surface area contributed by atoms with Crippen molar-refractivity contribution in [3.63, 3.8) is 0 Å². The van der Waals surface area contributed by atoms with Crippen LogP contribution in [0.1, 0.15) is 13.3 Å². The Hall–Kier alpha value is -0.700. The molecular weight excluding hydrogens is 116 g/mol. The first-order valence-electron chi connectivity index (χ1n) is 2.97. The van der Waals surface area contributed by atoms with Crippen LogP contribution in [-0.4, -0.2) is 29.8 Å². The molecule has 0 amide bonds. The Morgan fingerprint density at radius 2 is 2.00 bits per heavy atom. The fraction of sp³-hybridized carbons (Fsp3) is 0.667. The lowest BCUT2D eigenvalue weighted by Crippen LogP contribution is -2.17. The molecule has 0 aromatic rings. The highest BCUT2D eigenvalue weighted by molar-refractivity contribution is 6.17. The van der Waals surface area contributed by atoms with Gasteiger partial charge in [-0.2, -0.15) is 0 Å². The second-order valence-electron chi connectivity index (χ2n) is 2.25. The molecule has 9 heavy (non-hydrogen) atoms. The summed E-state index contributed by atoms with van der Waals surface area (Å²) in [4.78, 5) is 8.10. The Labute approximate surface area is 54.1 Å². The predicted octanol–water partition coefficient (Wildman–Crippen LogP) is 0.240. The molecule has 1 rings (SSSR count). The summed E-state index contributed by atoms with van der Waals surface area (Å²) >= 11 is 0. The highest BCUT2D eigenvalue weighted by atomic mass is 16.3. The average molecular weight is 126 g/mol. The minimum atomic E-state index is -0.366. The molecule has 0 aliphatic carbocycles. The predicted molar refractivity (Wildman–Crippen MR) is 37.1 cm³/mol. The summed E-state index contributed by atoms with van der Waals surface area (Å²) in [6.45, 7) is 2.04. The molecule has 0 spiro atoms. The van der Waals surface area contributed by atoms with E-state index in [-0.39, 0.29) is 12.3 Å². The highest BCUT2D eigenvalue weighted by Gasteiger charge is 2.21. The lowest BCUT2D eigenvalue weighted by atomic mass is 10.1.